The second-order valence-corrected chi connectivity index (χ2v) is 8.66. The first-order valence-electron chi connectivity index (χ1n) is 11.2. The summed E-state index contributed by atoms with van der Waals surface area (Å²) in [6.45, 7) is -0.362. The molecule has 3 aromatic rings. The predicted octanol–water partition coefficient (Wildman–Crippen LogP) is 4.21. The smallest absolute Gasteiger partial charge is 0.270 e. The quantitative estimate of drug-likeness (QED) is 0.245. The van der Waals surface area contributed by atoms with Gasteiger partial charge < -0.3 is 19.5 Å². The lowest BCUT2D eigenvalue weighted by Gasteiger charge is -2.28. The summed E-state index contributed by atoms with van der Waals surface area (Å²) in [5.74, 6) is -0.850. The summed E-state index contributed by atoms with van der Waals surface area (Å²) in [5.41, 5.74) is 1.25. The monoisotopic (exact) mass is 551 g/mol. The van der Waals surface area contributed by atoms with Crippen LogP contribution in [0.4, 0.5) is 11.4 Å². The van der Waals surface area contributed by atoms with Gasteiger partial charge in [-0.15, -0.1) is 0 Å². The Hall–Kier alpha value is -4.41. The normalized spacial score (nSPS) is 14.2. The van der Waals surface area contributed by atoms with E-state index in [2.05, 4.69) is 10.6 Å². The number of methoxy groups -OCH3 is 2. The largest absolute Gasteiger partial charge is 0.495 e. The number of amides is 3. The molecule has 2 N–H and O–H groups in total. The molecule has 0 saturated carbocycles. The summed E-state index contributed by atoms with van der Waals surface area (Å²) in [6.07, 6.45) is 1.38. The molecule has 0 aliphatic carbocycles. The van der Waals surface area contributed by atoms with Crippen molar-refractivity contribution in [1.82, 2.24) is 5.32 Å². The van der Waals surface area contributed by atoms with Crippen LogP contribution in [0.2, 0.25) is 5.02 Å². The molecule has 0 unspecified atom stereocenters. The van der Waals surface area contributed by atoms with Crippen LogP contribution < -0.4 is 29.7 Å². The first kappa shape index (κ1) is 26.6. The molecule has 9 nitrogen and oxygen atoms in total. The number of thiocarbonyl (C=S) groups is 1. The maximum absolute atomic E-state index is 13.2. The van der Waals surface area contributed by atoms with E-state index in [1.165, 1.54) is 37.3 Å². The number of benzene rings is 3. The Morgan fingerprint density at radius 2 is 1.71 bits per heavy atom. The lowest BCUT2D eigenvalue weighted by Crippen LogP contribution is -2.54. The number of hydrogen-bond donors (Lipinski definition) is 2. The lowest BCUT2D eigenvalue weighted by molar-refractivity contribution is -0.122. The third-order valence-electron chi connectivity index (χ3n) is 5.41. The molecule has 1 aliphatic rings. The number of halogens is 1. The van der Waals surface area contributed by atoms with Crippen LogP contribution in [0.25, 0.3) is 6.08 Å². The maximum Gasteiger partial charge on any atom is 0.270 e. The minimum atomic E-state index is -0.643. The van der Waals surface area contributed by atoms with Gasteiger partial charge in [-0.3, -0.25) is 24.6 Å². The molecule has 11 heteroatoms. The van der Waals surface area contributed by atoms with E-state index in [1.54, 1.807) is 54.6 Å². The Morgan fingerprint density at radius 3 is 2.42 bits per heavy atom. The molecular weight excluding hydrogens is 530 g/mol. The summed E-state index contributed by atoms with van der Waals surface area (Å²) in [4.78, 5) is 39.5. The highest BCUT2D eigenvalue weighted by atomic mass is 35.5. The molecule has 3 amide bonds. The third-order valence-corrected chi connectivity index (χ3v) is 5.97. The van der Waals surface area contributed by atoms with Gasteiger partial charge in [-0.25, -0.2) is 0 Å². The van der Waals surface area contributed by atoms with E-state index in [0.29, 0.717) is 22.7 Å². The number of carbonyl (C=O) groups excluding carboxylic acids is 3. The maximum atomic E-state index is 13.2. The SMILES string of the molecule is COc1ccccc1NC(=O)COc1c(Cl)cc(/C=C2/C(=O)NC(=S)N(c3ccccc3)C2=O)cc1OC. The van der Waals surface area contributed by atoms with Crippen molar-refractivity contribution < 1.29 is 28.6 Å². The van der Waals surface area contributed by atoms with E-state index in [9.17, 15) is 14.4 Å². The van der Waals surface area contributed by atoms with Crippen molar-refractivity contribution in [2.75, 3.05) is 31.0 Å². The number of nitrogens with zero attached hydrogens (tertiary/aromatic N) is 1. The van der Waals surface area contributed by atoms with Crippen molar-refractivity contribution in [1.29, 1.82) is 0 Å². The van der Waals surface area contributed by atoms with Gasteiger partial charge in [0.1, 0.15) is 11.3 Å². The van der Waals surface area contributed by atoms with Gasteiger partial charge in [-0.05, 0) is 60.3 Å². The number of hydrogen-bond acceptors (Lipinski definition) is 7. The second-order valence-electron chi connectivity index (χ2n) is 7.86. The molecule has 1 heterocycles. The van der Waals surface area contributed by atoms with Crippen LogP contribution in [0.5, 0.6) is 17.2 Å². The van der Waals surface area contributed by atoms with Crippen LogP contribution in [-0.2, 0) is 14.4 Å². The zero-order valence-corrected chi connectivity index (χ0v) is 21.9. The third kappa shape index (κ3) is 5.77. The summed E-state index contributed by atoms with van der Waals surface area (Å²) in [5, 5.41) is 5.33. The zero-order chi connectivity index (χ0) is 27.2. The Kier molecular flexibility index (Phi) is 8.25. The summed E-state index contributed by atoms with van der Waals surface area (Å²) in [7, 11) is 2.90. The molecule has 4 rings (SSSR count). The van der Waals surface area contributed by atoms with E-state index >= 15 is 0 Å². The van der Waals surface area contributed by atoms with Crippen molar-refractivity contribution in [3.8, 4) is 17.2 Å². The molecule has 194 valence electrons. The fourth-order valence-corrected chi connectivity index (χ4v) is 4.23. The van der Waals surface area contributed by atoms with Gasteiger partial charge in [-0.2, -0.15) is 0 Å². The molecule has 0 aromatic heterocycles. The highest BCUT2D eigenvalue weighted by Gasteiger charge is 2.34. The number of rotatable bonds is 8. The molecule has 0 atom stereocenters. The average Bonchev–Trinajstić information content (AvgIpc) is 2.91. The van der Waals surface area contributed by atoms with Gasteiger partial charge in [0.2, 0.25) is 0 Å². The van der Waals surface area contributed by atoms with E-state index in [4.69, 9.17) is 38.0 Å². The number of ether oxygens (including phenoxy) is 3. The van der Waals surface area contributed by atoms with Crippen molar-refractivity contribution in [2.45, 2.75) is 0 Å². The van der Waals surface area contributed by atoms with Gasteiger partial charge in [0.15, 0.2) is 23.2 Å². The van der Waals surface area contributed by atoms with Crippen molar-refractivity contribution in [2.24, 2.45) is 0 Å². The minimum Gasteiger partial charge on any atom is -0.495 e. The average molecular weight is 552 g/mol. The predicted molar refractivity (Wildman–Crippen MR) is 148 cm³/mol. The van der Waals surface area contributed by atoms with Gasteiger partial charge >= 0.3 is 0 Å². The Morgan fingerprint density at radius 1 is 1.03 bits per heavy atom. The molecule has 38 heavy (non-hydrogen) atoms. The van der Waals surface area contributed by atoms with Crippen LogP contribution in [0.1, 0.15) is 5.56 Å². The van der Waals surface area contributed by atoms with Crippen LogP contribution in [0.15, 0.2) is 72.3 Å². The Labute approximate surface area is 228 Å². The van der Waals surface area contributed by atoms with Gasteiger partial charge in [0.25, 0.3) is 17.7 Å². The molecule has 1 aliphatic heterocycles. The summed E-state index contributed by atoms with van der Waals surface area (Å²) >= 11 is 11.7. The molecule has 3 aromatic carbocycles. The zero-order valence-electron chi connectivity index (χ0n) is 20.3. The molecule has 1 fully saturated rings. The van der Waals surface area contributed by atoms with Crippen molar-refractivity contribution in [3.63, 3.8) is 0 Å². The standard InChI is InChI=1S/C27H22ClN3O6S/c1-35-21-11-7-6-10-20(21)29-23(32)15-37-24-19(28)13-16(14-22(24)36-2)12-18-25(33)30-27(38)31(26(18)34)17-8-4-3-5-9-17/h3-14H,15H2,1-2H3,(H,29,32)(H,30,33,38)/b18-12-. The number of nitrogens with one attached hydrogen (secondary N) is 2. The van der Waals surface area contributed by atoms with Crippen LogP contribution in [0.3, 0.4) is 0 Å². The van der Waals surface area contributed by atoms with Crippen LogP contribution in [-0.4, -0.2) is 43.7 Å². The van der Waals surface area contributed by atoms with E-state index < -0.39 is 17.7 Å². The molecule has 0 bridgehead atoms. The van der Waals surface area contributed by atoms with E-state index in [0.717, 1.165) is 0 Å². The minimum absolute atomic E-state index is 0.0193. The lowest BCUT2D eigenvalue weighted by atomic mass is 10.1. The van der Waals surface area contributed by atoms with Gasteiger partial charge in [-0.1, -0.05) is 41.9 Å². The Bertz CT molecular complexity index is 1440. The summed E-state index contributed by atoms with van der Waals surface area (Å²) in [6, 6.07) is 18.7. The highest BCUT2D eigenvalue weighted by molar-refractivity contribution is 7.80. The second kappa shape index (κ2) is 11.8. The van der Waals surface area contributed by atoms with Crippen molar-refractivity contribution >= 4 is 64.1 Å². The number of para-hydroxylation sites is 3. The first-order chi connectivity index (χ1) is 18.3. The highest BCUT2D eigenvalue weighted by Crippen LogP contribution is 2.37. The number of carbonyl (C=O) groups is 3. The number of anilines is 2. The first-order valence-corrected chi connectivity index (χ1v) is 12.0. The molecule has 0 spiro atoms. The van der Waals surface area contributed by atoms with Gasteiger partial charge in [0.05, 0.1) is 30.6 Å². The fraction of sp³-hybridized carbons (Fsp3) is 0.111. The van der Waals surface area contributed by atoms with Crippen LogP contribution in [0, 0.1) is 0 Å². The fourth-order valence-electron chi connectivity index (χ4n) is 3.67. The summed E-state index contributed by atoms with van der Waals surface area (Å²) < 4.78 is 16.3. The van der Waals surface area contributed by atoms with Crippen molar-refractivity contribution in [3.05, 3.63) is 82.9 Å². The van der Waals surface area contributed by atoms with E-state index in [1.807, 2.05) is 0 Å². The van der Waals surface area contributed by atoms with Gasteiger partial charge in [0, 0.05) is 0 Å². The van der Waals surface area contributed by atoms with Crippen LogP contribution >= 0.6 is 23.8 Å². The van der Waals surface area contributed by atoms with E-state index in [-0.39, 0.29) is 33.8 Å². The topological polar surface area (TPSA) is 106 Å². The molecular formula is C27H22ClN3O6S. The molecule has 0 radical (unpaired) electrons. The Balaban J connectivity index is 1.55. The molecule has 1 saturated heterocycles.